The summed E-state index contributed by atoms with van der Waals surface area (Å²) in [4.78, 5) is 44.1. The summed E-state index contributed by atoms with van der Waals surface area (Å²) in [5, 5.41) is 4.84. The highest BCUT2D eigenvalue weighted by atomic mass is 16.5. The van der Waals surface area contributed by atoms with E-state index in [1.807, 2.05) is 66.7 Å². The summed E-state index contributed by atoms with van der Waals surface area (Å²) in [6.45, 7) is 3.77. The monoisotopic (exact) mass is 472 g/mol. The Bertz CT molecular complexity index is 1300. The van der Waals surface area contributed by atoms with Gasteiger partial charge in [0.2, 0.25) is 5.91 Å². The van der Waals surface area contributed by atoms with Gasteiger partial charge < -0.3 is 19.9 Å². The first-order chi connectivity index (χ1) is 16.9. The number of piperazine rings is 1. The SMILES string of the molecule is COc1cccc(N2CCN(C(=O)CN3C(=O)N[C@](C)(c4ccc5ccccc5c4)C3=O)CC2)c1. The molecule has 0 bridgehead atoms. The number of benzene rings is 3. The molecule has 1 N–H and O–H groups in total. The molecule has 1 atom stereocenters. The van der Waals surface area contributed by atoms with Crippen LogP contribution in [0.3, 0.4) is 0 Å². The minimum atomic E-state index is -1.22. The number of hydrogen-bond donors (Lipinski definition) is 1. The van der Waals surface area contributed by atoms with E-state index in [-0.39, 0.29) is 12.5 Å². The number of nitrogens with zero attached hydrogens (tertiary/aromatic N) is 3. The number of anilines is 1. The average Bonchev–Trinajstić information content (AvgIpc) is 3.12. The summed E-state index contributed by atoms with van der Waals surface area (Å²) in [6.07, 6.45) is 0. The molecule has 3 aromatic rings. The molecule has 8 nitrogen and oxygen atoms in total. The molecule has 0 saturated carbocycles. The van der Waals surface area contributed by atoms with Crippen LogP contribution in [0.5, 0.6) is 5.75 Å². The number of nitrogens with one attached hydrogen (secondary N) is 1. The molecule has 0 unspecified atom stereocenters. The Labute approximate surface area is 204 Å². The van der Waals surface area contributed by atoms with Crippen molar-refractivity contribution in [2.75, 3.05) is 44.7 Å². The number of urea groups is 1. The molecule has 4 amide bonds. The number of imide groups is 1. The zero-order valence-electron chi connectivity index (χ0n) is 19.9. The van der Waals surface area contributed by atoms with Crippen LogP contribution in [0.15, 0.2) is 66.7 Å². The Kier molecular flexibility index (Phi) is 5.80. The lowest BCUT2D eigenvalue weighted by Gasteiger charge is -2.36. The highest BCUT2D eigenvalue weighted by Gasteiger charge is 2.49. The van der Waals surface area contributed by atoms with Crippen LogP contribution in [0, 0.1) is 0 Å². The predicted molar refractivity (Wildman–Crippen MR) is 133 cm³/mol. The number of carbonyl (C=O) groups is 3. The van der Waals surface area contributed by atoms with Gasteiger partial charge in [-0.15, -0.1) is 0 Å². The van der Waals surface area contributed by atoms with Gasteiger partial charge in [0.05, 0.1) is 7.11 Å². The van der Waals surface area contributed by atoms with Crippen molar-refractivity contribution in [1.29, 1.82) is 0 Å². The van der Waals surface area contributed by atoms with Gasteiger partial charge in [0.15, 0.2) is 0 Å². The topological polar surface area (TPSA) is 82.2 Å². The first-order valence-electron chi connectivity index (χ1n) is 11.7. The second-order valence-electron chi connectivity index (χ2n) is 9.08. The molecular weight excluding hydrogens is 444 g/mol. The van der Waals surface area contributed by atoms with Gasteiger partial charge in [-0.2, -0.15) is 0 Å². The van der Waals surface area contributed by atoms with Gasteiger partial charge >= 0.3 is 6.03 Å². The van der Waals surface area contributed by atoms with Crippen LogP contribution in [-0.4, -0.2) is 67.5 Å². The first kappa shape index (κ1) is 22.7. The van der Waals surface area contributed by atoms with E-state index in [1.54, 1.807) is 18.9 Å². The second kappa shape index (κ2) is 8.94. The molecule has 2 aliphatic heterocycles. The molecular formula is C27H28N4O4. The molecule has 2 aliphatic rings. The van der Waals surface area contributed by atoms with E-state index in [0.717, 1.165) is 27.1 Å². The number of ether oxygens (including phenoxy) is 1. The van der Waals surface area contributed by atoms with E-state index < -0.39 is 17.5 Å². The third-order valence-corrected chi connectivity index (χ3v) is 6.95. The van der Waals surface area contributed by atoms with E-state index in [1.165, 1.54) is 0 Å². The lowest BCUT2D eigenvalue weighted by Crippen LogP contribution is -2.52. The van der Waals surface area contributed by atoms with Gasteiger partial charge in [-0.05, 0) is 41.5 Å². The fourth-order valence-electron chi connectivity index (χ4n) is 4.79. The average molecular weight is 473 g/mol. The fraction of sp³-hybridized carbons (Fsp3) is 0.296. The van der Waals surface area contributed by atoms with E-state index in [9.17, 15) is 14.4 Å². The molecule has 0 aliphatic carbocycles. The Balaban J connectivity index is 1.25. The zero-order chi connectivity index (χ0) is 24.6. The Morgan fingerprint density at radius 2 is 1.69 bits per heavy atom. The van der Waals surface area contributed by atoms with Crippen molar-refractivity contribution in [1.82, 2.24) is 15.1 Å². The summed E-state index contributed by atoms with van der Waals surface area (Å²) < 4.78 is 5.30. The van der Waals surface area contributed by atoms with Gasteiger partial charge in [0, 0.05) is 37.9 Å². The minimum Gasteiger partial charge on any atom is -0.497 e. The van der Waals surface area contributed by atoms with Crippen LogP contribution >= 0.6 is 0 Å². The van der Waals surface area contributed by atoms with Gasteiger partial charge in [-0.1, -0.05) is 42.5 Å². The van der Waals surface area contributed by atoms with E-state index in [2.05, 4.69) is 10.2 Å². The molecule has 35 heavy (non-hydrogen) atoms. The lowest BCUT2D eigenvalue weighted by atomic mass is 9.90. The molecule has 5 rings (SSSR count). The third-order valence-electron chi connectivity index (χ3n) is 6.95. The number of rotatable bonds is 5. The summed E-state index contributed by atoms with van der Waals surface area (Å²) in [6, 6.07) is 20.8. The zero-order valence-corrected chi connectivity index (χ0v) is 19.9. The van der Waals surface area contributed by atoms with Crippen LogP contribution in [0.1, 0.15) is 12.5 Å². The maximum Gasteiger partial charge on any atom is 0.325 e. The minimum absolute atomic E-state index is 0.235. The van der Waals surface area contributed by atoms with Crippen molar-refractivity contribution >= 4 is 34.3 Å². The van der Waals surface area contributed by atoms with Crippen molar-refractivity contribution < 1.29 is 19.1 Å². The maximum atomic E-state index is 13.3. The van der Waals surface area contributed by atoms with Crippen molar-refractivity contribution in [3.05, 3.63) is 72.3 Å². The molecule has 3 aromatic carbocycles. The third kappa shape index (κ3) is 4.16. The predicted octanol–water partition coefficient (Wildman–Crippen LogP) is 2.96. The van der Waals surface area contributed by atoms with Gasteiger partial charge in [-0.25, -0.2) is 4.79 Å². The summed E-state index contributed by atoms with van der Waals surface area (Å²) in [5.74, 6) is 0.136. The van der Waals surface area contributed by atoms with E-state index >= 15 is 0 Å². The highest BCUT2D eigenvalue weighted by molar-refractivity contribution is 6.09. The molecule has 2 fully saturated rings. The van der Waals surface area contributed by atoms with Crippen LogP contribution < -0.4 is 15.0 Å². The van der Waals surface area contributed by atoms with Crippen LogP contribution in [0.4, 0.5) is 10.5 Å². The van der Waals surface area contributed by atoms with Crippen molar-refractivity contribution in [3.8, 4) is 5.75 Å². The lowest BCUT2D eigenvalue weighted by molar-refractivity contribution is -0.139. The van der Waals surface area contributed by atoms with Gasteiger partial charge in [0.1, 0.15) is 17.8 Å². The number of methoxy groups -OCH3 is 1. The summed E-state index contributed by atoms with van der Waals surface area (Å²) in [7, 11) is 1.64. The molecule has 0 aromatic heterocycles. The summed E-state index contributed by atoms with van der Waals surface area (Å²) in [5.41, 5.74) is 0.514. The van der Waals surface area contributed by atoms with E-state index in [0.29, 0.717) is 31.7 Å². The Hall–Kier alpha value is -4.07. The fourth-order valence-corrected chi connectivity index (χ4v) is 4.79. The largest absolute Gasteiger partial charge is 0.497 e. The van der Waals surface area contributed by atoms with Crippen molar-refractivity contribution in [2.45, 2.75) is 12.5 Å². The Morgan fingerprint density at radius 3 is 2.43 bits per heavy atom. The van der Waals surface area contributed by atoms with Gasteiger partial charge in [-0.3, -0.25) is 14.5 Å². The molecule has 2 saturated heterocycles. The van der Waals surface area contributed by atoms with E-state index in [4.69, 9.17) is 4.74 Å². The normalized spacial score (nSPS) is 20.3. The number of amides is 4. The second-order valence-corrected chi connectivity index (χ2v) is 9.08. The smallest absolute Gasteiger partial charge is 0.325 e. The number of fused-ring (bicyclic) bond motifs is 1. The van der Waals surface area contributed by atoms with Crippen LogP contribution in [0.2, 0.25) is 0 Å². The highest BCUT2D eigenvalue weighted by Crippen LogP contribution is 2.31. The molecule has 2 heterocycles. The molecule has 8 heteroatoms. The Morgan fingerprint density at radius 1 is 0.943 bits per heavy atom. The van der Waals surface area contributed by atoms with Crippen molar-refractivity contribution in [2.24, 2.45) is 0 Å². The first-order valence-corrected chi connectivity index (χ1v) is 11.7. The molecule has 180 valence electrons. The van der Waals surface area contributed by atoms with Crippen LogP contribution in [-0.2, 0) is 15.1 Å². The number of hydrogen-bond acceptors (Lipinski definition) is 5. The standard InChI is InChI=1S/C27H28N4O4/c1-27(21-11-10-19-6-3-4-7-20(19)16-21)25(33)31(26(34)28-27)18-24(32)30-14-12-29(13-15-30)22-8-5-9-23(17-22)35-2/h3-11,16-17H,12-15,18H2,1-2H3,(H,28,34)/t27-/m1/s1. The summed E-state index contributed by atoms with van der Waals surface area (Å²) >= 11 is 0. The molecule has 0 spiro atoms. The molecule has 0 radical (unpaired) electrons. The quantitative estimate of drug-likeness (QED) is 0.578. The van der Waals surface area contributed by atoms with Crippen molar-refractivity contribution in [3.63, 3.8) is 0 Å². The maximum absolute atomic E-state index is 13.3. The van der Waals surface area contributed by atoms with Gasteiger partial charge in [0.25, 0.3) is 5.91 Å². The van der Waals surface area contributed by atoms with Crippen LogP contribution in [0.25, 0.3) is 10.8 Å². The number of carbonyl (C=O) groups excluding carboxylic acids is 3.